The van der Waals surface area contributed by atoms with Crippen LogP contribution in [0.1, 0.15) is 33.1 Å². The van der Waals surface area contributed by atoms with E-state index in [4.69, 9.17) is 10.2 Å². The summed E-state index contributed by atoms with van der Waals surface area (Å²) >= 11 is 0. The molecule has 2 aromatic heterocycles. The summed E-state index contributed by atoms with van der Waals surface area (Å²) in [4.78, 5) is 21.2. The van der Waals surface area contributed by atoms with Gasteiger partial charge >= 0.3 is 6.01 Å². The summed E-state index contributed by atoms with van der Waals surface area (Å²) in [7, 11) is -3.38. The van der Waals surface area contributed by atoms with Crippen LogP contribution in [0.15, 0.2) is 39.8 Å². The maximum absolute atomic E-state index is 12.4. The number of hydrogen-bond acceptors (Lipinski definition) is 10. The van der Waals surface area contributed by atoms with Gasteiger partial charge in [0.1, 0.15) is 0 Å². The highest BCUT2D eigenvalue weighted by Gasteiger charge is 2.23. The van der Waals surface area contributed by atoms with E-state index in [1.165, 1.54) is 18.3 Å². The molecule has 1 aliphatic rings. The summed E-state index contributed by atoms with van der Waals surface area (Å²) in [6.45, 7) is 4.05. The zero-order valence-electron chi connectivity index (χ0n) is 18.3. The molecule has 0 spiro atoms. The van der Waals surface area contributed by atoms with Crippen molar-refractivity contribution in [3.8, 4) is 22.8 Å². The average molecular weight is 472 g/mol. The summed E-state index contributed by atoms with van der Waals surface area (Å²) < 4.78 is 30.2. The van der Waals surface area contributed by atoms with Crippen molar-refractivity contribution in [3.05, 3.63) is 30.5 Å². The van der Waals surface area contributed by atoms with Gasteiger partial charge in [0.05, 0.1) is 28.1 Å². The second kappa shape index (κ2) is 9.24. The molecule has 1 amide bonds. The summed E-state index contributed by atoms with van der Waals surface area (Å²) in [5.74, 6) is -0.157. The minimum atomic E-state index is -3.38. The molecule has 1 saturated heterocycles. The summed E-state index contributed by atoms with van der Waals surface area (Å²) in [6, 6.07) is 6.00. The Hall–Kier alpha value is -3.38. The van der Waals surface area contributed by atoms with Crippen LogP contribution in [0.2, 0.25) is 0 Å². The first kappa shape index (κ1) is 22.8. The Balaban J connectivity index is 1.55. The van der Waals surface area contributed by atoms with Gasteiger partial charge in [0.25, 0.3) is 5.89 Å². The van der Waals surface area contributed by atoms with Crippen molar-refractivity contribution in [2.75, 3.05) is 17.6 Å². The van der Waals surface area contributed by atoms with Crippen LogP contribution in [0.25, 0.3) is 22.8 Å². The molecule has 1 aliphatic heterocycles. The molecular formula is C21H25N7O4S. The molecule has 4 N–H and O–H groups in total. The quantitative estimate of drug-likeness (QED) is 0.484. The van der Waals surface area contributed by atoms with E-state index in [0.717, 1.165) is 25.8 Å². The van der Waals surface area contributed by atoms with Crippen LogP contribution in [0.3, 0.4) is 0 Å². The number of amides is 1. The van der Waals surface area contributed by atoms with Crippen molar-refractivity contribution < 1.29 is 17.6 Å². The van der Waals surface area contributed by atoms with E-state index in [2.05, 4.69) is 30.8 Å². The van der Waals surface area contributed by atoms with E-state index in [-0.39, 0.29) is 40.3 Å². The Kier molecular flexibility index (Phi) is 6.38. The molecule has 3 heterocycles. The number of hydrogen-bond donors (Lipinski definition) is 3. The summed E-state index contributed by atoms with van der Waals surface area (Å²) in [5.41, 5.74) is 7.21. The monoisotopic (exact) mass is 471 g/mol. The smallest absolute Gasteiger partial charge is 0.322 e. The topological polar surface area (TPSA) is 166 Å². The predicted octanol–water partition coefficient (Wildman–Crippen LogP) is 2.04. The lowest BCUT2D eigenvalue weighted by molar-refractivity contribution is -0.118. The molecule has 4 rings (SSSR count). The van der Waals surface area contributed by atoms with Crippen LogP contribution in [0.4, 0.5) is 11.8 Å². The Labute approximate surface area is 191 Å². The van der Waals surface area contributed by atoms with Gasteiger partial charge in [0, 0.05) is 5.56 Å². The highest BCUT2D eigenvalue weighted by molar-refractivity contribution is 7.92. The summed E-state index contributed by atoms with van der Waals surface area (Å²) in [6.07, 6.45) is 4.23. The van der Waals surface area contributed by atoms with Gasteiger partial charge in [-0.25, -0.2) is 18.4 Å². The number of nitrogens with one attached hydrogen (secondary N) is 2. The minimum Gasteiger partial charge on any atom is -0.401 e. The molecule has 33 heavy (non-hydrogen) atoms. The zero-order chi connectivity index (χ0) is 23.6. The number of rotatable bonds is 6. The molecule has 0 bridgehead atoms. The van der Waals surface area contributed by atoms with Gasteiger partial charge in [-0.05, 0) is 45.4 Å². The van der Waals surface area contributed by atoms with Gasteiger partial charge in [-0.3, -0.25) is 10.1 Å². The highest BCUT2D eigenvalue weighted by Crippen LogP contribution is 2.27. The fourth-order valence-corrected chi connectivity index (χ4v) is 4.48. The van der Waals surface area contributed by atoms with Crippen molar-refractivity contribution in [1.82, 2.24) is 25.5 Å². The Morgan fingerprint density at radius 2 is 1.97 bits per heavy atom. The van der Waals surface area contributed by atoms with Gasteiger partial charge in [-0.15, -0.1) is 5.10 Å². The Morgan fingerprint density at radius 3 is 2.64 bits per heavy atom. The molecule has 0 aliphatic carbocycles. The molecule has 174 valence electrons. The van der Waals surface area contributed by atoms with Crippen LogP contribution in [-0.4, -0.2) is 52.3 Å². The molecule has 11 nitrogen and oxygen atoms in total. The first-order valence-electron chi connectivity index (χ1n) is 10.6. The standard InChI is InChI=1S/C21H25N7O4S/c1-12(2)33(30,31)14-8-6-13(7-9-14)16-11-24-18(22)17(25-16)20-27-28-21(32-20)26-19(29)15-5-3-4-10-23-15/h6-9,11-12,15,23H,3-5,10H2,1-2H3,(H2,22,24)(H,26,28,29)/t15-/m0/s1. The van der Waals surface area contributed by atoms with Gasteiger partial charge in [0.15, 0.2) is 21.3 Å². The van der Waals surface area contributed by atoms with Gasteiger partial charge in [-0.2, -0.15) is 0 Å². The molecule has 3 aromatic rings. The highest BCUT2D eigenvalue weighted by atomic mass is 32.2. The Bertz CT molecular complexity index is 1250. The van der Waals surface area contributed by atoms with E-state index in [1.807, 2.05) is 0 Å². The number of benzene rings is 1. The van der Waals surface area contributed by atoms with Crippen molar-refractivity contribution >= 4 is 27.6 Å². The van der Waals surface area contributed by atoms with Gasteiger partial charge in [0.2, 0.25) is 5.91 Å². The minimum absolute atomic E-state index is 0.00718. The van der Waals surface area contributed by atoms with Gasteiger partial charge < -0.3 is 15.5 Å². The number of nitrogens with zero attached hydrogens (tertiary/aromatic N) is 4. The SMILES string of the molecule is CC(C)S(=O)(=O)c1ccc(-c2cnc(N)c(-c3nnc(NC(=O)[C@@H]4CCCCN4)o3)n2)cc1. The molecule has 1 atom stereocenters. The molecule has 0 unspecified atom stereocenters. The van der Waals surface area contributed by atoms with E-state index in [9.17, 15) is 13.2 Å². The van der Waals surface area contributed by atoms with Crippen molar-refractivity contribution in [3.63, 3.8) is 0 Å². The average Bonchev–Trinajstić information content (AvgIpc) is 3.28. The van der Waals surface area contributed by atoms with Crippen LogP contribution in [0.5, 0.6) is 0 Å². The van der Waals surface area contributed by atoms with E-state index in [0.29, 0.717) is 11.3 Å². The predicted molar refractivity (Wildman–Crippen MR) is 122 cm³/mol. The normalized spacial score (nSPS) is 16.6. The molecule has 0 radical (unpaired) electrons. The fourth-order valence-electron chi connectivity index (χ4n) is 3.42. The molecule has 0 saturated carbocycles. The lowest BCUT2D eigenvalue weighted by Gasteiger charge is -2.21. The third-order valence-electron chi connectivity index (χ3n) is 5.38. The number of nitrogen functional groups attached to an aromatic ring is 1. The molecule has 12 heteroatoms. The number of anilines is 2. The van der Waals surface area contributed by atoms with Crippen molar-refractivity contribution in [2.45, 2.75) is 49.3 Å². The maximum atomic E-state index is 12.4. The first-order valence-corrected chi connectivity index (χ1v) is 12.2. The number of piperidine rings is 1. The number of aromatic nitrogens is 4. The molecule has 1 fully saturated rings. The summed E-state index contributed by atoms with van der Waals surface area (Å²) in [5, 5.41) is 13.0. The number of carbonyl (C=O) groups is 1. The van der Waals surface area contributed by atoms with Crippen LogP contribution in [0, 0.1) is 0 Å². The van der Waals surface area contributed by atoms with E-state index in [1.54, 1.807) is 26.0 Å². The molecule has 1 aromatic carbocycles. The number of sulfone groups is 1. The largest absolute Gasteiger partial charge is 0.401 e. The maximum Gasteiger partial charge on any atom is 0.322 e. The van der Waals surface area contributed by atoms with Crippen molar-refractivity contribution in [1.29, 1.82) is 0 Å². The third kappa shape index (κ3) is 4.86. The molecular weight excluding hydrogens is 446 g/mol. The van der Waals surface area contributed by atoms with E-state index < -0.39 is 15.1 Å². The number of nitrogens with two attached hydrogens (primary N) is 1. The van der Waals surface area contributed by atoms with Crippen molar-refractivity contribution in [2.24, 2.45) is 0 Å². The zero-order valence-corrected chi connectivity index (χ0v) is 19.1. The first-order chi connectivity index (χ1) is 15.8. The van der Waals surface area contributed by atoms with Gasteiger partial charge in [-0.1, -0.05) is 23.7 Å². The lowest BCUT2D eigenvalue weighted by Crippen LogP contribution is -2.43. The van der Waals surface area contributed by atoms with Crippen LogP contribution >= 0.6 is 0 Å². The second-order valence-corrected chi connectivity index (χ2v) is 10.5. The Morgan fingerprint density at radius 1 is 1.21 bits per heavy atom. The number of carbonyl (C=O) groups excluding carboxylic acids is 1. The lowest BCUT2D eigenvalue weighted by atomic mass is 10.0. The van der Waals surface area contributed by atoms with E-state index >= 15 is 0 Å². The van der Waals surface area contributed by atoms with Crippen LogP contribution < -0.4 is 16.4 Å². The second-order valence-electron chi connectivity index (χ2n) is 8.01. The fraction of sp³-hybridized carbons (Fsp3) is 0.381. The van der Waals surface area contributed by atoms with Crippen LogP contribution in [-0.2, 0) is 14.6 Å². The third-order valence-corrected chi connectivity index (χ3v) is 7.55.